The van der Waals surface area contributed by atoms with Crippen molar-refractivity contribution in [2.45, 2.75) is 18.7 Å². The molecule has 0 radical (unpaired) electrons. The minimum atomic E-state index is -3.58. The van der Waals surface area contributed by atoms with Gasteiger partial charge >= 0.3 is 0 Å². The monoisotopic (exact) mass is 318 g/mol. The lowest BCUT2D eigenvalue weighted by Crippen LogP contribution is -2.23. The second-order valence-electron chi connectivity index (χ2n) is 4.80. The molecule has 0 aliphatic rings. The number of carbonyl (C=O) groups excluding carboxylic acids is 1. The summed E-state index contributed by atoms with van der Waals surface area (Å²) < 4.78 is 26.4. The van der Waals surface area contributed by atoms with Crippen LogP contribution in [0.3, 0.4) is 0 Å². The zero-order valence-corrected chi connectivity index (χ0v) is 13.3. The summed E-state index contributed by atoms with van der Waals surface area (Å²) in [7, 11) is -3.58. The standard InChI is InChI=1S/C16H18N2O3S/c1-3-17-22(20,21)14-9-6-8-13(11-14)16(19)18-15-10-5-4-7-12(15)2/h4-11,17H,3H2,1-2H3,(H,18,19). The molecule has 0 fully saturated rings. The van der Waals surface area contributed by atoms with Gasteiger partial charge in [-0.2, -0.15) is 0 Å². The van der Waals surface area contributed by atoms with Gasteiger partial charge in [0.25, 0.3) is 5.91 Å². The second-order valence-corrected chi connectivity index (χ2v) is 6.57. The third-order valence-electron chi connectivity index (χ3n) is 3.13. The summed E-state index contributed by atoms with van der Waals surface area (Å²) in [5.74, 6) is -0.345. The Kier molecular flexibility index (Phi) is 4.95. The van der Waals surface area contributed by atoms with Crippen LogP contribution in [0.5, 0.6) is 0 Å². The van der Waals surface area contributed by atoms with Crippen LogP contribution in [-0.2, 0) is 10.0 Å². The summed E-state index contributed by atoms with van der Waals surface area (Å²) in [6.45, 7) is 3.88. The molecule has 2 aromatic rings. The van der Waals surface area contributed by atoms with Crippen LogP contribution in [0.25, 0.3) is 0 Å². The van der Waals surface area contributed by atoms with Crippen LogP contribution in [0.2, 0.25) is 0 Å². The fraction of sp³-hybridized carbons (Fsp3) is 0.188. The van der Waals surface area contributed by atoms with Crippen molar-refractivity contribution >= 4 is 21.6 Å². The fourth-order valence-electron chi connectivity index (χ4n) is 1.99. The van der Waals surface area contributed by atoms with Crippen molar-refractivity contribution in [1.29, 1.82) is 0 Å². The van der Waals surface area contributed by atoms with E-state index in [2.05, 4.69) is 10.0 Å². The van der Waals surface area contributed by atoms with Gasteiger partial charge in [-0.05, 0) is 36.8 Å². The molecular formula is C16H18N2O3S. The van der Waals surface area contributed by atoms with E-state index in [1.807, 2.05) is 25.1 Å². The number of para-hydroxylation sites is 1. The quantitative estimate of drug-likeness (QED) is 0.889. The number of sulfonamides is 1. The predicted octanol–water partition coefficient (Wildman–Crippen LogP) is 2.55. The molecule has 6 heteroatoms. The Balaban J connectivity index is 2.26. The zero-order valence-electron chi connectivity index (χ0n) is 12.5. The summed E-state index contributed by atoms with van der Waals surface area (Å²) in [5, 5.41) is 2.78. The molecule has 0 spiro atoms. The third kappa shape index (κ3) is 3.72. The molecule has 2 N–H and O–H groups in total. The summed E-state index contributed by atoms with van der Waals surface area (Å²) in [5.41, 5.74) is 1.93. The smallest absolute Gasteiger partial charge is 0.255 e. The predicted molar refractivity (Wildman–Crippen MR) is 86.4 cm³/mol. The molecule has 0 heterocycles. The van der Waals surface area contributed by atoms with Gasteiger partial charge in [-0.3, -0.25) is 4.79 Å². The highest BCUT2D eigenvalue weighted by Gasteiger charge is 2.15. The number of carbonyl (C=O) groups is 1. The van der Waals surface area contributed by atoms with Crippen LogP contribution >= 0.6 is 0 Å². The van der Waals surface area contributed by atoms with Gasteiger partial charge in [0.05, 0.1) is 4.90 Å². The average Bonchev–Trinajstić information content (AvgIpc) is 2.49. The van der Waals surface area contributed by atoms with E-state index in [1.165, 1.54) is 12.1 Å². The molecule has 0 bridgehead atoms. The molecular weight excluding hydrogens is 300 g/mol. The molecule has 0 atom stereocenters. The Bertz CT molecular complexity index is 785. The van der Waals surface area contributed by atoms with Crippen LogP contribution in [0.1, 0.15) is 22.8 Å². The Hall–Kier alpha value is -2.18. The molecule has 0 saturated heterocycles. The van der Waals surface area contributed by atoms with Gasteiger partial charge in [-0.25, -0.2) is 13.1 Å². The van der Waals surface area contributed by atoms with Gasteiger partial charge in [-0.1, -0.05) is 31.2 Å². The van der Waals surface area contributed by atoms with Crippen molar-refractivity contribution in [1.82, 2.24) is 4.72 Å². The fourth-order valence-corrected chi connectivity index (χ4v) is 3.07. The average molecular weight is 318 g/mol. The molecule has 5 nitrogen and oxygen atoms in total. The lowest BCUT2D eigenvalue weighted by molar-refractivity contribution is 0.102. The summed E-state index contributed by atoms with van der Waals surface area (Å²) >= 11 is 0. The molecule has 0 aliphatic heterocycles. The summed E-state index contributed by atoms with van der Waals surface area (Å²) in [4.78, 5) is 12.4. The van der Waals surface area contributed by atoms with Crippen molar-refractivity contribution in [3.63, 3.8) is 0 Å². The molecule has 116 valence electrons. The Morgan fingerprint density at radius 3 is 2.50 bits per heavy atom. The van der Waals surface area contributed by atoms with Crippen molar-refractivity contribution < 1.29 is 13.2 Å². The highest BCUT2D eigenvalue weighted by molar-refractivity contribution is 7.89. The first-order chi connectivity index (χ1) is 10.4. The Morgan fingerprint density at radius 1 is 1.09 bits per heavy atom. The minimum Gasteiger partial charge on any atom is -0.322 e. The molecule has 0 unspecified atom stereocenters. The largest absolute Gasteiger partial charge is 0.322 e. The van der Waals surface area contributed by atoms with Gasteiger partial charge in [0, 0.05) is 17.8 Å². The summed E-state index contributed by atoms with van der Waals surface area (Å²) in [6.07, 6.45) is 0. The van der Waals surface area contributed by atoms with E-state index >= 15 is 0 Å². The number of amides is 1. The lowest BCUT2D eigenvalue weighted by atomic mass is 10.1. The third-order valence-corrected chi connectivity index (χ3v) is 4.68. The molecule has 1 amide bonds. The minimum absolute atomic E-state index is 0.0757. The topological polar surface area (TPSA) is 75.3 Å². The number of hydrogen-bond donors (Lipinski definition) is 2. The second kappa shape index (κ2) is 6.72. The SMILES string of the molecule is CCNS(=O)(=O)c1cccc(C(=O)Nc2ccccc2C)c1. The molecule has 22 heavy (non-hydrogen) atoms. The van der Waals surface area contributed by atoms with Gasteiger partial charge < -0.3 is 5.32 Å². The maximum absolute atomic E-state index is 12.3. The number of rotatable bonds is 5. The van der Waals surface area contributed by atoms with E-state index in [9.17, 15) is 13.2 Å². The van der Waals surface area contributed by atoms with E-state index < -0.39 is 10.0 Å². The van der Waals surface area contributed by atoms with E-state index in [0.29, 0.717) is 17.8 Å². The van der Waals surface area contributed by atoms with Gasteiger partial charge in [0.1, 0.15) is 0 Å². The first kappa shape index (κ1) is 16.2. The Morgan fingerprint density at radius 2 is 1.82 bits per heavy atom. The first-order valence-electron chi connectivity index (χ1n) is 6.91. The van der Waals surface area contributed by atoms with Crippen LogP contribution in [0.15, 0.2) is 53.4 Å². The molecule has 0 saturated carbocycles. The highest BCUT2D eigenvalue weighted by atomic mass is 32.2. The molecule has 0 aliphatic carbocycles. The van der Waals surface area contributed by atoms with Crippen LogP contribution < -0.4 is 10.0 Å². The van der Waals surface area contributed by atoms with Gasteiger partial charge in [0.15, 0.2) is 0 Å². The lowest BCUT2D eigenvalue weighted by Gasteiger charge is -2.09. The maximum atomic E-state index is 12.3. The van der Waals surface area contributed by atoms with E-state index in [0.717, 1.165) is 5.56 Å². The number of anilines is 1. The number of nitrogens with one attached hydrogen (secondary N) is 2. The van der Waals surface area contributed by atoms with Crippen LogP contribution in [0.4, 0.5) is 5.69 Å². The Labute approximate surface area is 130 Å². The molecule has 2 aromatic carbocycles. The van der Waals surface area contributed by atoms with E-state index in [-0.39, 0.29) is 10.8 Å². The van der Waals surface area contributed by atoms with E-state index in [4.69, 9.17) is 0 Å². The van der Waals surface area contributed by atoms with Gasteiger partial charge in [-0.15, -0.1) is 0 Å². The molecule has 0 aromatic heterocycles. The number of hydrogen-bond acceptors (Lipinski definition) is 3. The zero-order chi connectivity index (χ0) is 16.2. The highest BCUT2D eigenvalue weighted by Crippen LogP contribution is 2.16. The van der Waals surface area contributed by atoms with Crippen molar-refractivity contribution in [3.05, 3.63) is 59.7 Å². The van der Waals surface area contributed by atoms with Crippen molar-refractivity contribution in [2.24, 2.45) is 0 Å². The summed E-state index contributed by atoms with van der Waals surface area (Å²) in [6, 6.07) is 13.4. The van der Waals surface area contributed by atoms with E-state index in [1.54, 1.807) is 25.1 Å². The normalized spacial score (nSPS) is 11.2. The van der Waals surface area contributed by atoms with Crippen molar-refractivity contribution in [3.8, 4) is 0 Å². The van der Waals surface area contributed by atoms with Gasteiger partial charge in [0.2, 0.25) is 10.0 Å². The first-order valence-corrected chi connectivity index (χ1v) is 8.39. The van der Waals surface area contributed by atoms with Crippen molar-refractivity contribution in [2.75, 3.05) is 11.9 Å². The maximum Gasteiger partial charge on any atom is 0.255 e. The van der Waals surface area contributed by atoms with Crippen LogP contribution in [0, 0.1) is 6.92 Å². The number of benzene rings is 2. The molecule has 2 rings (SSSR count). The number of aryl methyl sites for hydroxylation is 1. The van der Waals surface area contributed by atoms with Crippen LogP contribution in [-0.4, -0.2) is 20.9 Å².